The smallest absolute Gasteiger partial charge is 0.123 e. The lowest BCUT2D eigenvalue weighted by atomic mass is 10.1. The van der Waals surface area contributed by atoms with Crippen LogP contribution in [0.15, 0.2) is 24.3 Å². The van der Waals surface area contributed by atoms with Gasteiger partial charge in [-0.3, -0.25) is 0 Å². The Morgan fingerprint density at radius 1 is 0.696 bits per heavy atom. The summed E-state index contributed by atoms with van der Waals surface area (Å²) in [6.07, 6.45) is 12.4. The van der Waals surface area contributed by atoms with Gasteiger partial charge in [-0.2, -0.15) is 0 Å². The van der Waals surface area contributed by atoms with Crippen molar-refractivity contribution in [1.29, 1.82) is 0 Å². The van der Waals surface area contributed by atoms with Gasteiger partial charge >= 0.3 is 0 Å². The van der Waals surface area contributed by atoms with Gasteiger partial charge in [0.1, 0.15) is 5.82 Å². The fourth-order valence-corrected chi connectivity index (χ4v) is 2.70. The highest BCUT2D eigenvalue weighted by Crippen LogP contribution is 2.09. The summed E-state index contributed by atoms with van der Waals surface area (Å²) in [5.41, 5.74) is 1.13. The van der Waals surface area contributed by atoms with E-state index >= 15 is 0 Å². The summed E-state index contributed by atoms with van der Waals surface area (Å²) >= 11 is 0. The summed E-state index contributed by atoms with van der Waals surface area (Å²) in [6, 6.07) is 6.69. The average molecular weight is 323 g/mol. The number of nitrogens with one attached hydrogen (secondary N) is 2. The van der Waals surface area contributed by atoms with Crippen LogP contribution in [0.1, 0.15) is 70.3 Å². The third kappa shape index (κ3) is 12.2. The van der Waals surface area contributed by atoms with Gasteiger partial charge in [-0.05, 0) is 30.7 Å². The van der Waals surface area contributed by atoms with E-state index in [-0.39, 0.29) is 5.82 Å². The lowest BCUT2D eigenvalue weighted by Gasteiger charge is -2.07. The molecule has 23 heavy (non-hydrogen) atoms. The van der Waals surface area contributed by atoms with Crippen LogP contribution in [0.3, 0.4) is 0 Å². The maximum Gasteiger partial charge on any atom is 0.123 e. The maximum atomic E-state index is 12.8. The largest absolute Gasteiger partial charge is 0.315 e. The Morgan fingerprint density at radius 2 is 1.26 bits per heavy atom. The molecule has 0 fully saturated rings. The van der Waals surface area contributed by atoms with Gasteiger partial charge in [-0.25, -0.2) is 4.39 Å². The third-order valence-electron chi connectivity index (χ3n) is 4.18. The molecule has 0 atom stereocenters. The predicted molar refractivity (Wildman–Crippen MR) is 98.2 cm³/mol. The minimum Gasteiger partial charge on any atom is -0.315 e. The quantitative estimate of drug-likeness (QED) is 0.442. The highest BCUT2D eigenvalue weighted by Gasteiger charge is 1.94. The van der Waals surface area contributed by atoms with Crippen molar-refractivity contribution in [3.05, 3.63) is 35.6 Å². The maximum absolute atomic E-state index is 12.8. The van der Waals surface area contributed by atoms with Gasteiger partial charge in [-0.1, -0.05) is 70.4 Å². The number of hydrogen-bond acceptors (Lipinski definition) is 2. The van der Waals surface area contributed by atoms with Gasteiger partial charge < -0.3 is 10.6 Å². The highest BCUT2D eigenvalue weighted by molar-refractivity contribution is 5.15. The van der Waals surface area contributed by atoms with Crippen LogP contribution in [0, 0.1) is 5.82 Å². The molecule has 0 saturated heterocycles. The van der Waals surface area contributed by atoms with E-state index in [2.05, 4.69) is 17.6 Å². The van der Waals surface area contributed by atoms with Gasteiger partial charge in [0.25, 0.3) is 0 Å². The molecular formula is C20H35FN2. The van der Waals surface area contributed by atoms with E-state index in [1.807, 2.05) is 12.1 Å². The van der Waals surface area contributed by atoms with E-state index in [0.29, 0.717) is 0 Å². The second-order valence-corrected chi connectivity index (χ2v) is 6.38. The van der Waals surface area contributed by atoms with Crippen LogP contribution in [0.4, 0.5) is 4.39 Å². The minimum absolute atomic E-state index is 0.170. The Morgan fingerprint density at radius 3 is 1.91 bits per heavy atom. The summed E-state index contributed by atoms with van der Waals surface area (Å²) in [6.45, 7) is 6.15. The second kappa shape index (κ2) is 14.6. The molecule has 1 rings (SSSR count). The molecule has 0 bridgehead atoms. The molecule has 0 saturated carbocycles. The zero-order valence-corrected chi connectivity index (χ0v) is 14.9. The minimum atomic E-state index is -0.170. The fourth-order valence-electron chi connectivity index (χ4n) is 2.70. The first-order chi connectivity index (χ1) is 11.3. The Hall–Kier alpha value is -0.930. The van der Waals surface area contributed by atoms with E-state index in [1.54, 1.807) is 0 Å². The van der Waals surface area contributed by atoms with Crippen LogP contribution in [0.2, 0.25) is 0 Å². The number of rotatable bonds is 15. The van der Waals surface area contributed by atoms with Crippen molar-refractivity contribution in [2.75, 3.05) is 19.6 Å². The molecule has 0 aliphatic rings. The molecule has 0 heterocycles. The van der Waals surface area contributed by atoms with Gasteiger partial charge in [-0.15, -0.1) is 0 Å². The predicted octanol–water partition coefficient (Wildman–Crippen LogP) is 5.04. The Balaban J connectivity index is 1.77. The summed E-state index contributed by atoms with van der Waals surface area (Å²) in [7, 11) is 0. The number of halogens is 1. The molecule has 0 aliphatic heterocycles. The van der Waals surface area contributed by atoms with Crippen molar-refractivity contribution in [3.8, 4) is 0 Å². The second-order valence-electron chi connectivity index (χ2n) is 6.38. The first-order valence-corrected chi connectivity index (χ1v) is 9.49. The summed E-state index contributed by atoms with van der Waals surface area (Å²) < 4.78 is 12.8. The molecule has 0 spiro atoms. The SMILES string of the molecule is CCCCCCCCCCCNCCNCc1ccc(F)cc1. The number of benzene rings is 1. The van der Waals surface area contributed by atoms with E-state index in [1.165, 1.54) is 69.9 Å². The molecule has 0 aliphatic carbocycles. The van der Waals surface area contributed by atoms with Crippen molar-refractivity contribution in [3.63, 3.8) is 0 Å². The fraction of sp³-hybridized carbons (Fsp3) is 0.700. The molecular weight excluding hydrogens is 287 g/mol. The van der Waals surface area contributed by atoms with Crippen LogP contribution in [0.5, 0.6) is 0 Å². The molecule has 2 nitrogen and oxygen atoms in total. The Kier molecular flexibility index (Phi) is 12.8. The number of hydrogen-bond donors (Lipinski definition) is 2. The Bertz CT molecular complexity index is 364. The standard InChI is InChI=1S/C20H35FN2/c1-2-3-4-5-6-7-8-9-10-15-22-16-17-23-18-19-11-13-20(21)14-12-19/h11-14,22-23H,2-10,15-18H2,1H3. The summed E-state index contributed by atoms with van der Waals surface area (Å²) in [4.78, 5) is 0. The summed E-state index contributed by atoms with van der Waals surface area (Å²) in [5.74, 6) is -0.170. The van der Waals surface area contributed by atoms with Crippen molar-refractivity contribution >= 4 is 0 Å². The molecule has 0 radical (unpaired) electrons. The monoisotopic (exact) mass is 322 g/mol. The molecule has 1 aromatic carbocycles. The van der Waals surface area contributed by atoms with E-state index in [9.17, 15) is 4.39 Å². The molecule has 2 N–H and O–H groups in total. The molecule has 0 aromatic heterocycles. The van der Waals surface area contributed by atoms with Gasteiger partial charge in [0.15, 0.2) is 0 Å². The van der Waals surface area contributed by atoms with E-state index < -0.39 is 0 Å². The van der Waals surface area contributed by atoms with Gasteiger partial charge in [0, 0.05) is 19.6 Å². The molecule has 3 heteroatoms. The lowest BCUT2D eigenvalue weighted by Crippen LogP contribution is -2.27. The molecule has 0 amide bonds. The summed E-state index contributed by atoms with van der Waals surface area (Å²) in [5, 5.41) is 6.85. The first-order valence-electron chi connectivity index (χ1n) is 9.49. The average Bonchev–Trinajstić information content (AvgIpc) is 2.57. The zero-order chi connectivity index (χ0) is 16.6. The highest BCUT2D eigenvalue weighted by atomic mass is 19.1. The van der Waals surface area contributed by atoms with Crippen LogP contribution in [0.25, 0.3) is 0 Å². The van der Waals surface area contributed by atoms with E-state index in [4.69, 9.17) is 0 Å². The zero-order valence-electron chi connectivity index (χ0n) is 14.9. The van der Waals surface area contributed by atoms with Crippen molar-refractivity contribution in [1.82, 2.24) is 10.6 Å². The van der Waals surface area contributed by atoms with Crippen molar-refractivity contribution < 1.29 is 4.39 Å². The van der Waals surface area contributed by atoms with Crippen molar-refractivity contribution in [2.24, 2.45) is 0 Å². The Labute approximate surface area is 142 Å². The van der Waals surface area contributed by atoms with Crippen LogP contribution >= 0.6 is 0 Å². The number of unbranched alkanes of at least 4 members (excludes halogenated alkanes) is 8. The topological polar surface area (TPSA) is 24.1 Å². The normalized spacial score (nSPS) is 11.0. The van der Waals surface area contributed by atoms with E-state index in [0.717, 1.165) is 31.7 Å². The third-order valence-corrected chi connectivity index (χ3v) is 4.18. The van der Waals surface area contributed by atoms with Gasteiger partial charge in [0.2, 0.25) is 0 Å². The van der Waals surface area contributed by atoms with Crippen LogP contribution in [-0.4, -0.2) is 19.6 Å². The molecule has 0 unspecified atom stereocenters. The molecule has 1 aromatic rings. The van der Waals surface area contributed by atoms with Crippen LogP contribution < -0.4 is 10.6 Å². The first kappa shape index (κ1) is 20.1. The van der Waals surface area contributed by atoms with Crippen molar-refractivity contribution in [2.45, 2.75) is 71.3 Å². The van der Waals surface area contributed by atoms with Crippen LogP contribution in [-0.2, 0) is 6.54 Å². The van der Waals surface area contributed by atoms with Gasteiger partial charge in [0.05, 0.1) is 0 Å². The molecule has 132 valence electrons. The lowest BCUT2D eigenvalue weighted by molar-refractivity contribution is 0.542.